The average Bonchev–Trinajstić information content (AvgIpc) is 3.05. The average molecular weight is 427 g/mol. The molecule has 1 aromatic carbocycles. The van der Waals surface area contributed by atoms with Gasteiger partial charge in [0.05, 0.1) is 16.3 Å². The number of phenolic OH excluding ortho intramolecular Hbond substituents is 1. The molecule has 2 heterocycles. The lowest BCUT2D eigenvalue weighted by molar-refractivity contribution is -0.114. The first-order valence-electron chi connectivity index (χ1n) is 6.78. The van der Waals surface area contributed by atoms with Crippen LogP contribution in [0.25, 0.3) is 10.6 Å². The van der Waals surface area contributed by atoms with E-state index in [1.165, 1.54) is 29.6 Å². The molecule has 0 aliphatic rings. The standard InChI is InChI=1S/C15H14N4O2S2.BrH/c1-8-13(23-15(16-8)17-9(2)20)12-7-22-14(19-12)18-10-4-3-5-11(21)6-10;/h3-7,21H,1-2H3,(H,18,19)(H,16,17,20);1H. The Kier molecular flexibility index (Phi) is 5.92. The van der Waals surface area contributed by atoms with Crippen molar-refractivity contribution < 1.29 is 9.90 Å². The van der Waals surface area contributed by atoms with Crippen LogP contribution in [0.2, 0.25) is 0 Å². The van der Waals surface area contributed by atoms with Gasteiger partial charge < -0.3 is 15.7 Å². The van der Waals surface area contributed by atoms with E-state index in [4.69, 9.17) is 0 Å². The molecule has 126 valence electrons. The molecule has 0 aliphatic carbocycles. The molecule has 2 aromatic heterocycles. The van der Waals surface area contributed by atoms with Gasteiger partial charge in [0.15, 0.2) is 10.3 Å². The van der Waals surface area contributed by atoms with E-state index in [1.807, 2.05) is 18.4 Å². The Balaban J connectivity index is 0.00000208. The molecule has 3 N–H and O–H groups in total. The van der Waals surface area contributed by atoms with Gasteiger partial charge in [0, 0.05) is 24.1 Å². The quantitative estimate of drug-likeness (QED) is 0.568. The Hall–Kier alpha value is -1.97. The Labute approximate surface area is 157 Å². The molecular weight excluding hydrogens is 412 g/mol. The number of nitrogens with one attached hydrogen (secondary N) is 2. The van der Waals surface area contributed by atoms with Crippen molar-refractivity contribution >= 4 is 61.5 Å². The molecular formula is C15H15BrN4O2S2. The highest BCUT2D eigenvalue weighted by molar-refractivity contribution is 8.93. The molecule has 0 atom stereocenters. The number of phenols is 1. The van der Waals surface area contributed by atoms with Gasteiger partial charge in [-0.15, -0.1) is 28.3 Å². The van der Waals surface area contributed by atoms with E-state index in [1.54, 1.807) is 18.2 Å². The number of carbonyl (C=O) groups excluding carboxylic acids is 1. The van der Waals surface area contributed by atoms with Crippen LogP contribution in [0.3, 0.4) is 0 Å². The second-order valence-corrected chi connectivity index (χ2v) is 6.69. The number of rotatable bonds is 4. The van der Waals surface area contributed by atoms with E-state index in [0.29, 0.717) is 5.13 Å². The molecule has 0 fully saturated rings. The zero-order chi connectivity index (χ0) is 16.4. The number of thiazole rings is 2. The summed E-state index contributed by atoms with van der Waals surface area (Å²) in [6, 6.07) is 6.86. The van der Waals surface area contributed by atoms with Gasteiger partial charge in [0.2, 0.25) is 5.91 Å². The minimum Gasteiger partial charge on any atom is -0.508 e. The predicted octanol–water partition coefficient (Wildman–Crippen LogP) is 4.56. The molecule has 0 unspecified atom stereocenters. The van der Waals surface area contributed by atoms with Crippen LogP contribution in [0.1, 0.15) is 12.6 Å². The highest BCUT2D eigenvalue weighted by Crippen LogP contribution is 2.35. The molecule has 3 aromatic rings. The number of hydrogen-bond acceptors (Lipinski definition) is 7. The zero-order valence-electron chi connectivity index (χ0n) is 12.9. The maximum absolute atomic E-state index is 11.1. The molecule has 0 spiro atoms. The molecule has 0 saturated heterocycles. The first kappa shape index (κ1) is 18.4. The van der Waals surface area contributed by atoms with Crippen LogP contribution in [0.5, 0.6) is 5.75 Å². The topological polar surface area (TPSA) is 87.1 Å². The number of hydrogen-bond donors (Lipinski definition) is 3. The van der Waals surface area contributed by atoms with Crippen molar-refractivity contribution in [2.24, 2.45) is 0 Å². The third kappa shape index (κ3) is 4.31. The van der Waals surface area contributed by atoms with Gasteiger partial charge in [-0.3, -0.25) is 4.79 Å². The molecule has 6 nitrogen and oxygen atoms in total. The zero-order valence-corrected chi connectivity index (χ0v) is 16.2. The monoisotopic (exact) mass is 426 g/mol. The van der Waals surface area contributed by atoms with Gasteiger partial charge in [-0.1, -0.05) is 17.4 Å². The van der Waals surface area contributed by atoms with Gasteiger partial charge in [-0.2, -0.15) is 0 Å². The van der Waals surface area contributed by atoms with Crippen molar-refractivity contribution in [3.63, 3.8) is 0 Å². The molecule has 0 bridgehead atoms. The van der Waals surface area contributed by atoms with Gasteiger partial charge >= 0.3 is 0 Å². The SMILES string of the molecule is Br.CC(=O)Nc1nc(C)c(-c2csc(Nc3cccc(O)c3)n2)s1. The summed E-state index contributed by atoms with van der Waals surface area (Å²) in [7, 11) is 0. The third-order valence-corrected chi connectivity index (χ3v) is 4.77. The van der Waals surface area contributed by atoms with E-state index in [-0.39, 0.29) is 28.6 Å². The van der Waals surface area contributed by atoms with Crippen LogP contribution in [0.4, 0.5) is 16.0 Å². The lowest BCUT2D eigenvalue weighted by Crippen LogP contribution is -2.04. The first-order chi connectivity index (χ1) is 11.0. The highest BCUT2D eigenvalue weighted by atomic mass is 79.9. The van der Waals surface area contributed by atoms with Crippen molar-refractivity contribution in [3.8, 4) is 16.3 Å². The van der Waals surface area contributed by atoms with E-state index < -0.39 is 0 Å². The summed E-state index contributed by atoms with van der Waals surface area (Å²) in [6.45, 7) is 3.34. The number of aromatic nitrogens is 2. The molecule has 1 amide bonds. The van der Waals surface area contributed by atoms with E-state index in [0.717, 1.165) is 27.1 Å². The normalized spacial score (nSPS) is 10.1. The Bertz CT molecular complexity index is 863. The maximum atomic E-state index is 11.1. The summed E-state index contributed by atoms with van der Waals surface area (Å²) in [5, 5.41) is 18.6. The van der Waals surface area contributed by atoms with Crippen molar-refractivity contribution in [2.75, 3.05) is 10.6 Å². The summed E-state index contributed by atoms with van der Waals surface area (Å²) in [5.41, 5.74) is 2.41. The van der Waals surface area contributed by atoms with Crippen molar-refractivity contribution in [1.29, 1.82) is 0 Å². The fourth-order valence-electron chi connectivity index (χ4n) is 1.98. The second kappa shape index (κ2) is 7.73. The number of carbonyl (C=O) groups is 1. The van der Waals surface area contributed by atoms with Crippen LogP contribution < -0.4 is 10.6 Å². The summed E-state index contributed by atoms with van der Waals surface area (Å²) in [4.78, 5) is 20.9. The number of halogens is 1. The fraction of sp³-hybridized carbons (Fsp3) is 0.133. The summed E-state index contributed by atoms with van der Waals surface area (Å²) >= 11 is 2.86. The number of aryl methyl sites for hydroxylation is 1. The molecule has 0 radical (unpaired) electrons. The molecule has 3 rings (SSSR count). The Morgan fingerprint density at radius 2 is 2.04 bits per heavy atom. The van der Waals surface area contributed by atoms with Crippen molar-refractivity contribution in [3.05, 3.63) is 35.3 Å². The lowest BCUT2D eigenvalue weighted by Gasteiger charge is -2.02. The molecule has 0 saturated carbocycles. The molecule has 24 heavy (non-hydrogen) atoms. The Morgan fingerprint density at radius 3 is 2.75 bits per heavy atom. The van der Waals surface area contributed by atoms with Crippen LogP contribution in [0.15, 0.2) is 29.6 Å². The van der Waals surface area contributed by atoms with Crippen molar-refractivity contribution in [1.82, 2.24) is 9.97 Å². The molecule has 0 aliphatic heterocycles. The maximum Gasteiger partial charge on any atom is 0.223 e. The third-order valence-electron chi connectivity index (χ3n) is 2.91. The minimum absolute atomic E-state index is 0. The Morgan fingerprint density at radius 1 is 1.25 bits per heavy atom. The van der Waals surface area contributed by atoms with Gasteiger partial charge in [0.25, 0.3) is 0 Å². The predicted molar refractivity (Wildman–Crippen MR) is 104 cm³/mol. The smallest absolute Gasteiger partial charge is 0.223 e. The molecule has 9 heteroatoms. The van der Waals surface area contributed by atoms with Gasteiger partial charge in [-0.05, 0) is 19.1 Å². The van der Waals surface area contributed by atoms with Crippen LogP contribution in [-0.4, -0.2) is 21.0 Å². The number of aromatic hydroxyl groups is 1. The number of nitrogens with zero attached hydrogens (tertiary/aromatic N) is 2. The van der Waals surface area contributed by atoms with Crippen LogP contribution >= 0.6 is 39.7 Å². The lowest BCUT2D eigenvalue weighted by atomic mass is 10.3. The van der Waals surface area contributed by atoms with Crippen LogP contribution in [0, 0.1) is 6.92 Å². The number of anilines is 3. The van der Waals surface area contributed by atoms with Gasteiger partial charge in [-0.25, -0.2) is 9.97 Å². The number of benzene rings is 1. The summed E-state index contributed by atoms with van der Waals surface area (Å²) < 4.78 is 0. The van der Waals surface area contributed by atoms with Gasteiger partial charge in [0.1, 0.15) is 5.75 Å². The minimum atomic E-state index is -0.144. The fourth-order valence-corrected chi connectivity index (χ4v) is 3.75. The summed E-state index contributed by atoms with van der Waals surface area (Å²) in [5.74, 6) is 0.0554. The second-order valence-electron chi connectivity index (χ2n) is 4.83. The van der Waals surface area contributed by atoms with Crippen LogP contribution in [-0.2, 0) is 4.79 Å². The highest BCUT2D eigenvalue weighted by Gasteiger charge is 2.14. The summed E-state index contributed by atoms with van der Waals surface area (Å²) in [6.07, 6.45) is 0. The first-order valence-corrected chi connectivity index (χ1v) is 8.48. The largest absolute Gasteiger partial charge is 0.508 e. The van der Waals surface area contributed by atoms with E-state index in [2.05, 4.69) is 20.6 Å². The van der Waals surface area contributed by atoms with E-state index in [9.17, 15) is 9.90 Å². The van der Waals surface area contributed by atoms with Crippen molar-refractivity contribution in [2.45, 2.75) is 13.8 Å². The van der Waals surface area contributed by atoms with E-state index >= 15 is 0 Å². The number of amides is 1.